The Balaban J connectivity index is 1.48. The van der Waals surface area contributed by atoms with Crippen molar-refractivity contribution >= 4 is 0 Å². The average molecular weight is 337 g/mol. The quantitative estimate of drug-likeness (QED) is 0.934. The smallest absolute Gasteiger partial charge is 0.112 e. The lowest BCUT2D eigenvalue weighted by Gasteiger charge is -2.51. The number of benzene rings is 1. The number of pyridine rings is 1. The fraction of sp³-hybridized carbons (Fsp3) is 0.476. The minimum absolute atomic E-state index is 0.135. The van der Waals surface area contributed by atoms with Crippen LogP contribution in [0.3, 0.4) is 0 Å². The van der Waals surface area contributed by atoms with Gasteiger partial charge in [0.1, 0.15) is 6.23 Å². The molecule has 1 aromatic carbocycles. The predicted octanol–water partition coefficient (Wildman–Crippen LogP) is 2.42. The molecular weight excluding hydrogens is 310 g/mol. The fourth-order valence-corrected chi connectivity index (χ4v) is 4.58. The van der Waals surface area contributed by atoms with Gasteiger partial charge in [-0.05, 0) is 49.6 Å². The van der Waals surface area contributed by atoms with E-state index in [1.165, 1.54) is 11.1 Å². The summed E-state index contributed by atoms with van der Waals surface area (Å²) in [6, 6.07) is 14.8. The molecule has 0 radical (unpaired) electrons. The van der Waals surface area contributed by atoms with Crippen molar-refractivity contribution in [2.24, 2.45) is 0 Å². The van der Waals surface area contributed by atoms with Crippen molar-refractivity contribution in [3.8, 4) is 0 Å². The number of aromatic nitrogens is 1. The molecule has 2 aliphatic rings. The molecule has 25 heavy (non-hydrogen) atoms. The van der Waals surface area contributed by atoms with Crippen LogP contribution in [0.5, 0.6) is 0 Å². The van der Waals surface area contributed by atoms with Crippen molar-refractivity contribution < 1.29 is 5.11 Å². The van der Waals surface area contributed by atoms with E-state index >= 15 is 0 Å². The number of likely N-dealkylation sites (N-methyl/N-ethyl adjacent to an activating group) is 1. The molecule has 1 saturated heterocycles. The van der Waals surface area contributed by atoms with Gasteiger partial charge < -0.3 is 5.11 Å². The molecular formula is C21H27N3O. The summed E-state index contributed by atoms with van der Waals surface area (Å²) in [7, 11) is 2.26. The highest BCUT2D eigenvalue weighted by molar-refractivity contribution is 5.37. The SMILES string of the molecule is CN1CCc2ccccc2C12CCN(C(O)Cc1ccccn1)CC2. The van der Waals surface area contributed by atoms with E-state index in [0.717, 1.165) is 44.6 Å². The van der Waals surface area contributed by atoms with Crippen LogP contribution < -0.4 is 0 Å². The summed E-state index contributed by atoms with van der Waals surface area (Å²) in [6.45, 7) is 2.97. The lowest BCUT2D eigenvalue weighted by Crippen LogP contribution is -2.56. The lowest BCUT2D eigenvalue weighted by atomic mass is 9.74. The van der Waals surface area contributed by atoms with Gasteiger partial charge in [0.05, 0.1) is 0 Å². The second kappa shape index (κ2) is 6.87. The number of aliphatic hydroxyl groups is 1. The van der Waals surface area contributed by atoms with Gasteiger partial charge in [-0.3, -0.25) is 14.8 Å². The van der Waals surface area contributed by atoms with E-state index in [1.54, 1.807) is 6.20 Å². The molecule has 1 unspecified atom stereocenters. The number of rotatable bonds is 3. The summed E-state index contributed by atoms with van der Waals surface area (Å²) >= 11 is 0. The highest BCUT2D eigenvalue weighted by atomic mass is 16.3. The minimum atomic E-state index is -0.448. The lowest BCUT2D eigenvalue weighted by molar-refractivity contribution is -0.0512. The molecule has 1 N–H and O–H groups in total. The van der Waals surface area contributed by atoms with Crippen molar-refractivity contribution in [1.29, 1.82) is 0 Å². The van der Waals surface area contributed by atoms with Gasteiger partial charge >= 0.3 is 0 Å². The van der Waals surface area contributed by atoms with E-state index in [1.807, 2.05) is 18.2 Å². The van der Waals surface area contributed by atoms with Crippen molar-refractivity contribution in [1.82, 2.24) is 14.8 Å². The van der Waals surface area contributed by atoms with E-state index in [0.29, 0.717) is 6.42 Å². The topological polar surface area (TPSA) is 39.6 Å². The Bertz CT molecular complexity index is 710. The van der Waals surface area contributed by atoms with Crippen molar-refractivity contribution in [3.05, 3.63) is 65.5 Å². The molecule has 3 heterocycles. The maximum Gasteiger partial charge on any atom is 0.112 e. The molecule has 1 aromatic heterocycles. The summed E-state index contributed by atoms with van der Waals surface area (Å²) in [5.74, 6) is 0. The van der Waals surface area contributed by atoms with Gasteiger partial charge in [0.15, 0.2) is 0 Å². The van der Waals surface area contributed by atoms with Crippen LogP contribution in [-0.2, 0) is 18.4 Å². The first kappa shape index (κ1) is 16.7. The van der Waals surface area contributed by atoms with Crippen LogP contribution in [-0.4, -0.2) is 52.8 Å². The Morgan fingerprint density at radius 3 is 2.60 bits per heavy atom. The Labute approximate surface area is 150 Å². The highest BCUT2D eigenvalue weighted by Gasteiger charge is 2.43. The van der Waals surface area contributed by atoms with Crippen LogP contribution in [0.2, 0.25) is 0 Å². The first-order chi connectivity index (χ1) is 12.2. The molecule has 132 valence electrons. The van der Waals surface area contributed by atoms with Gasteiger partial charge in [-0.15, -0.1) is 0 Å². The first-order valence-corrected chi connectivity index (χ1v) is 9.31. The van der Waals surface area contributed by atoms with Gasteiger partial charge in [-0.1, -0.05) is 30.3 Å². The standard InChI is InChI=1S/C21H27N3O/c1-23-13-9-17-6-2-3-8-19(17)21(23)10-14-24(15-11-21)20(25)16-18-7-4-5-12-22-18/h2-8,12,20,25H,9-11,13-16H2,1H3. The van der Waals surface area contributed by atoms with E-state index in [-0.39, 0.29) is 5.54 Å². The van der Waals surface area contributed by atoms with Crippen LogP contribution in [0.4, 0.5) is 0 Å². The second-order valence-electron chi connectivity index (χ2n) is 7.40. The van der Waals surface area contributed by atoms with Gasteiger partial charge in [0.2, 0.25) is 0 Å². The molecule has 2 aliphatic heterocycles. The molecule has 2 aromatic rings. The third kappa shape index (κ3) is 3.10. The molecule has 4 heteroatoms. The van der Waals surface area contributed by atoms with Gasteiger partial charge in [-0.25, -0.2) is 0 Å². The van der Waals surface area contributed by atoms with Crippen LogP contribution in [0.25, 0.3) is 0 Å². The molecule has 0 bridgehead atoms. The Morgan fingerprint density at radius 1 is 1.08 bits per heavy atom. The van der Waals surface area contributed by atoms with E-state index in [2.05, 4.69) is 46.1 Å². The van der Waals surface area contributed by atoms with E-state index in [4.69, 9.17) is 0 Å². The number of hydrogen-bond acceptors (Lipinski definition) is 4. The van der Waals surface area contributed by atoms with Crippen LogP contribution >= 0.6 is 0 Å². The first-order valence-electron chi connectivity index (χ1n) is 9.31. The third-order valence-corrected chi connectivity index (χ3v) is 6.13. The highest BCUT2D eigenvalue weighted by Crippen LogP contribution is 2.42. The monoisotopic (exact) mass is 337 g/mol. The normalized spacial score (nSPS) is 21.8. The average Bonchev–Trinajstić information content (AvgIpc) is 2.66. The number of nitrogens with zero attached hydrogens (tertiary/aromatic N) is 3. The maximum absolute atomic E-state index is 10.6. The van der Waals surface area contributed by atoms with Crippen molar-refractivity contribution in [2.45, 2.75) is 37.5 Å². The van der Waals surface area contributed by atoms with Gasteiger partial charge in [0, 0.05) is 43.5 Å². The Kier molecular flexibility index (Phi) is 4.59. The van der Waals surface area contributed by atoms with E-state index < -0.39 is 6.23 Å². The molecule has 1 atom stereocenters. The summed E-state index contributed by atoms with van der Waals surface area (Å²) in [4.78, 5) is 9.10. The van der Waals surface area contributed by atoms with Crippen LogP contribution in [0.15, 0.2) is 48.7 Å². The number of hydrogen-bond donors (Lipinski definition) is 1. The number of piperidine rings is 1. The van der Waals surface area contributed by atoms with Crippen molar-refractivity contribution in [2.75, 3.05) is 26.7 Å². The zero-order chi connectivity index (χ0) is 17.3. The summed E-state index contributed by atoms with van der Waals surface area (Å²) in [5.41, 5.74) is 4.09. The Hall–Kier alpha value is -1.75. The minimum Gasteiger partial charge on any atom is -0.378 e. The Morgan fingerprint density at radius 2 is 1.84 bits per heavy atom. The van der Waals surface area contributed by atoms with Gasteiger partial charge in [0.25, 0.3) is 0 Å². The zero-order valence-electron chi connectivity index (χ0n) is 14.9. The molecule has 0 saturated carbocycles. The number of aliphatic hydroxyl groups excluding tert-OH is 1. The fourth-order valence-electron chi connectivity index (χ4n) is 4.58. The molecule has 1 spiro atoms. The summed E-state index contributed by atoms with van der Waals surface area (Å²) in [5, 5.41) is 10.6. The molecule has 0 amide bonds. The second-order valence-corrected chi connectivity index (χ2v) is 7.40. The van der Waals surface area contributed by atoms with Gasteiger partial charge in [-0.2, -0.15) is 0 Å². The third-order valence-electron chi connectivity index (χ3n) is 6.13. The van der Waals surface area contributed by atoms with Crippen LogP contribution in [0.1, 0.15) is 29.7 Å². The molecule has 4 rings (SSSR count). The predicted molar refractivity (Wildman–Crippen MR) is 99.2 cm³/mol. The van der Waals surface area contributed by atoms with Crippen LogP contribution in [0, 0.1) is 0 Å². The number of likely N-dealkylation sites (tertiary alicyclic amines) is 1. The van der Waals surface area contributed by atoms with Crippen molar-refractivity contribution in [3.63, 3.8) is 0 Å². The molecule has 1 fully saturated rings. The summed E-state index contributed by atoms with van der Waals surface area (Å²) in [6.07, 6.45) is 5.22. The van der Waals surface area contributed by atoms with E-state index in [9.17, 15) is 5.11 Å². The molecule has 4 nitrogen and oxygen atoms in total. The number of fused-ring (bicyclic) bond motifs is 2. The largest absolute Gasteiger partial charge is 0.378 e. The zero-order valence-corrected chi connectivity index (χ0v) is 14.9. The molecule has 0 aliphatic carbocycles. The maximum atomic E-state index is 10.6. The summed E-state index contributed by atoms with van der Waals surface area (Å²) < 4.78 is 0.